The van der Waals surface area contributed by atoms with Crippen LogP contribution < -0.4 is 33.2 Å². The molecule has 288 valence electrons. The highest BCUT2D eigenvalue weighted by Gasteiger charge is 2.48. The lowest BCUT2D eigenvalue weighted by atomic mass is 9.84. The van der Waals surface area contributed by atoms with Crippen molar-refractivity contribution in [3.05, 3.63) is 0 Å². The fourth-order valence-corrected chi connectivity index (χ4v) is 5.71. The third-order valence-corrected chi connectivity index (χ3v) is 9.18. The third kappa shape index (κ3) is 13.5. The van der Waals surface area contributed by atoms with E-state index >= 15 is 0 Å². The molecule has 1 saturated carbocycles. The summed E-state index contributed by atoms with van der Waals surface area (Å²) in [4.78, 5) is 59.0. The number of aliphatic carboxylic acids is 1. The monoisotopic (exact) mass is 740 g/mol. The molecule has 0 aromatic carbocycles. The van der Waals surface area contributed by atoms with Crippen LogP contribution in [0.25, 0.3) is 0 Å². The minimum atomic E-state index is -1.57. The number of rotatable bonds is 19. The number of aliphatic hydroxyl groups excluding tert-OH is 5. The van der Waals surface area contributed by atoms with Crippen LogP contribution >= 0.6 is 11.8 Å². The molecule has 1 heterocycles. The lowest BCUT2D eigenvalue weighted by molar-refractivity contribution is -0.288. The average Bonchev–Trinajstić information content (AvgIpc) is 3.06. The predicted molar refractivity (Wildman–Crippen MR) is 175 cm³/mol. The predicted octanol–water partition coefficient (Wildman–Crippen LogP) is -5.81. The van der Waals surface area contributed by atoms with Gasteiger partial charge in [-0.15, -0.1) is 0 Å². The van der Waals surface area contributed by atoms with Crippen LogP contribution in [-0.4, -0.2) is 165 Å². The van der Waals surface area contributed by atoms with E-state index in [1.807, 2.05) is 0 Å². The molecule has 0 unspecified atom stereocenters. The van der Waals surface area contributed by atoms with E-state index in [0.29, 0.717) is 5.75 Å². The summed E-state index contributed by atoms with van der Waals surface area (Å²) >= 11 is 1.20. The molecular formula is C29H52N6O14S. The minimum absolute atomic E-state index is 0.0133. The van der Waals surface area contributed by atoms with Crippen molar-refractivity contribution >= 4 is 41.4 Å². The van der Waals surface area contributed by atoms with Gasteiger partial charge in [0, 0.05) is 49.3 Å². The van der Waals surface area contributed by atoms with E-state index in [0.717, 1.165) is 0 Å². The Balaban J connectivity index is 1.64. The summed E-state index contributed by atoms with van der Waals surface area (Å²) in [5.41, 5.74) is 16.6. The maximum Gasteiger partial charge on any atom is 0.306 e. The summed E-state index contributed by atoms with van der Waals surface area (Å²) in [5.74, 6) is -3.20. The number of ether oxygens (including phenoxy) is 3. The van der Waals surface area contributed by atoms with Gasteiger partial charge in [-0.1, -0.05) is 13.8 Å². The largest absolute Gasteiger partial charge is 0.481 e. The molecule has 21 heteroatoms. The Hall–Kier alpha value is -2.70. The molecule has 1 aliphatic carbocycles. The number of hydrogen-bond donors (Lipinski definition) is 12. The molecular weight excluding hydrogens is 688 g/mol. The molecule has 20 nitrogen and oxygen atoms in total. The molecule has 0 radical (unpaired) electrons. The van der Waals surface area contributed by atoms with Gasteiger partial charge in [-0.25, -0.2) is 0 Å². The maximum atomic E-state index is 12.4. The maximum absolute atomic E-state index is 12.4. The zero-order valence-corrected chi connectivity index (χ0v) is 28.8. The first-order valence-corrected chi connectivity index (χ1v) is 17.3. The first kappa shape index (κ1) is 43.5. The minimum Gasteiger partial charge on any atom is -0.481 e. The molecule has 2 aliphatic rings. The molecule has 15 N–H and O–H groups in total. The first-order valence-electron chi connectivity index (χ1n) is 16.1. The molecule has 0 aromatic heterocycles. The summed E-state index contributed by atoms with van der Waals surface area (Å²) in [7, 11) is 0. The summed E-state index contributed by atoms with van der Waals surface area (Å²) < 4.78 is 16.4. The molecule has 2 fully saturated rings. The van der Waals surface area contributed by atoms with Gasteiger partial charge in [-0.3, -0.25) is 24.0 Å². The summed E-state index contributed by atoms with van der Waals surface area (Å²) in [6, 6.07) is -2.77. The topological polar surface area (TPSA) is 349 Å². The lowest BCUT2D eigenvalue weighted by Crippen LogP contribution is -2.67. The number of esters is 1. The second kappa shape index (κ2) is 20.4. The van der Waals surface area contributed by atoms with Crippen LogP contribution in [0.1, 0.15) is 39.5 Å². The lowest BCUT2D eigenvalue weighted by Gasteiger charge is -2.45. The van der Waals surface area contributed by atoms with Crippen molar-refractivity contribution in [2.24, 2.45) is 22.6 Å². The second-order valence-electron chi connectivity index (χ2n) is 12.9. The number of carbonyl (C=O) groups excluding carboxylic acids is 4. The zero-order chi connectivity index (χ0) is 37.8. The van der Waals surface area contributed by atoms with Crippen molar-refractivity contribution in [1.29, 1.82) is 0 Å². The van der Waals surface area contributed by atoms with Crippen molar-refractivity contribution in [2.45, 2.75) is 107 Å². The summed E-state index contributed by atoms with van der Waals surface area (Å²) in [5, 5.41) is 68.0. The number of hydrogen-bond acceptors (Lipinski definition) is 17. The third-order valence-electron chi connectivity index (χ3n) is 8.22. The Kier molecular flexibility index (Phi) is 17.7. The van der Waals surface area contributed by atoms with Gasteiger partial charge in [0.2, 0.25) is 17.7 Å². The van der Waals surface area contributed by atoms with E-state index in [-0.39, 0.29) is 51.3 Å². The van der Waals surface area contributed by atoms with Crippen LogP contribution in [0.15, 0.2) is 0 Å². The smallest absolute Gasteiger partial charge is 0.306 e. The summed E-state index contributed by atoms with van der Waals surface area (Å²) in [6.07, 6.45) is -11.6. The van der Waals surface area contributed by atoms with Crippen LogP contribution in [0.5, 0.6) is 0 Å². The highest BCUT2D eigenvalue weighted by atomic mass is 32.2. The Bertz CT molecular complexity index is 1150. The fourth-order valence-electron chi connectivity index (χ4n) is 5.03. The number of nitrogens with one attached hydrogen (secondary N) is 3. The molecule has 0 spiro atoms. The number of carboxylic acids is 1. The zero-order valence-electron chi connectivity index (χ0n) is 28.0. The van der Waals surface area contributed by atoms with Gasteiger partial charge in [0.25, 0.3) is 0 Å². The van der Waals surface area contributed by atoms with Crippen LogP contribution in [-0.2, 0) is 38.2 Å². The number of thioether (sulfide) groups is 1. The highest BCUT2D eigenvalue weighted by molar-refractivity contribution is 7.99. The van der Waals surface area contributed by atoms with Gasteiger partial charge in [-0.05, 0) is 6.42 Å². The van der Waals surface area contributed by atoms with E-state index in [4.69, 9.17) is 36.5 Å². The Morgan fingerprint density at radius 2 is 1.56 bits per heavy atom. The first-order chi connectivity index (χ1) is 23.3. The number of amides is 3. The van der Waals surface area contributed by atoms with Crippen molar-refractivity contribution in [3.8, 4) is 0 Å². The van der Waals surface area contributed by atoms with Crippen LogP contribution in [0.2, 0.25) is 0 Å². The van der Waals surface area contributed by atoms with Crippen molar-refractivity contribution in [2.75, 3.05) is 37.7 Å². The van der Waals surface area contributed by atoms with Crippen molar-refractivity contribution in [1.82, 2.24) is 16.0 Å². The SMILES string of the molecule is CC(C)(COC(=O)CCC(=O)O)[C@@H](O)C(=O)NCCC(=O)NCCSCC(=O)NC[C@H]1O[C@H](O[C@H]2[C@H](O)[C@@H](O)[C@H](N)C[C@@H]2N)[C@H](N)[C@@H](O)[C@@H]1O. The quantitative estimate of drug-likeness (QED) is 0.0433. The van der Waals surface area contributed by atoms with E-state index in [1.54, 1.807) is 0 Å². The van der Waals surface area contributed by atoms with E-state index < -0.39 is 109 Å². The van der Waals surface area contributed by atoms with Gasteiger partial charge in [0.05, 0.1) is 37.3 Å². The fraction of sp³-hybridized carbons (Fsp3) is 0.828. The molecule has 1 saturated heterocycles. The second-order valence-corrected chi connectivity index (χ2v) is 14.0. The van der Waals surface area contributed by atoms with Crippen LogP contribution in [0.3, 0.4) is 0 Å². The molecule has 2 rings (SSSR count). The average molecular weight is 741 g/mol. The standard InChI is InChI=1S/C29H52N6O14S/c1-29(2,12-47-19(40)4-3-18(38)39)26(45)27(46)34-6-5-16(36)33-7-8-50-11-17(37)35-10-15-22(42)23(43)20(32)28(48-15)49-25-14(31)9-13(30)21(41)24(25)44/h13-15,20-26,28,41-45H,3-12,30-32H2,1-2H3,(H,33,36)(H,34,46)(H,35,37)(H,38,39)/t13-,14+,15-,20-,21+,22-,23-,24-,25-,26+,28-/m1/s1. The van der Waals surface area contributed by atoms with Gasteiger partial charge in [-0.2, -0.15) is 11.8 Å². The number of carboxylic acid groups (broad SMARTS) is 1. The number of carbonyl (C=O) groups is 5. The molecule has 0 bridgehead atoms. The van der Waals surface area contributed by atoms with Crippen molar-refractivity contribution < 1.29 is 68.8 Å². The normalized spacial score (nSPS) is 30.5. The van der Waals surface area contributed by atoms with Gasteiger partial charge >= 0.3 is 11.9 Å². The van der Waals surface area contributed by atoms with E-state index in [9.17, 15) is 49.5 Å². The summed E-state index contributed by atoms with van der Waals surface area (Å²) in [6.45, 7) is 2.53. The van der Waals surface area contributed by atoms with Gasteiger partial charge in [0.1, 0.15) is 36.6 Å². The van der Waals surface area contributed by atoms with Gasteiger partial charge < -0.3 is 78.0 Å². The van der Waals surface area contributed by atoms with Gasteiger partial charge in [0.15, 0.2) is 6.29 Å². The molecule has 11 atom stereocenters. The highest BCUT2D eigenvalue weighted by Crippen LogP contribution is 2.27. The Morgan fingerprint density at radius 3 is 2.22 bits per heavy atom. The number of nitrogens with two attached hydrogens (primary N) is 3. The molecule has 50 heavy (non-hydrogen) atoms. The molecule has 0 aromatic rings. The Labute approximate surface area is 293 Å². The van der Waals surface area contributed by atoms with E-state index in [2.05, 4.69) is 16.0 Å². The van der Waals surface area contributed by atoms with Crippen LogP contribution in [0, 0.1) is 5.41 Å². The molecule has 1 aliphatic heterocycles. The van der Waals surface area contributed by atoms with Crippen LogP contribution in [0.4, 0.5) is 0 Å². The van der Waals surface area contributed by atoms with Crippen molar-refractivity contribution in [3.63, 3.8) is 0 Å². The Morgan fingerprint density at radius 1 is 0.880 bits per heavy atom. The van der Waals surface area contributed by atoms with E-state index in [1.165, 1.54) is 25.6 Å². The number of aliphatic hydroxyl groups is 5. The molecule has 3 amide bonds.